The van der Waals surface area contributed by atoms with Crippen LogP contribution in [0.1, 0.15) is 42.2 Å². The Balaban J connectivity index is 2.34. The van der Waals surface area contributed by atoms with Crippen LogP contribution in [0.5, 0.6) is 0 Å². The number of carbonyl (C=O) groups is 1. The summed E-state index contributed by atoms with van der Waals surface area (Å²) in [7, 11) is 0. The van der Waals surface area contributed by atoms with E-state index in [9.17, 15) is 4.79 Å². The quantitative estimate of drug-likeness (QED) is 0.744. The molecule has 90 valence electrons. The molecule has 0 N–H and O–H groups in total. The summed E-state index contributed by atoms with van der Waals surface area (Å²) in [5.74, 6) is 1.15. The summed E-state index contributed by atoms with van der Waals surface area (Å²) < 4.78 is 7.16. The van der Waals surface area contributed by atoms with Crippen LogP contribution in [-0.2, 0) is 13.0 Å². The van der Waals surface area contributed by atoms with Crippen molar-refractivity contribution in [2.45, 2.75) is 33.2 Å². The van der Waals surface area contributed by atoms with Crippen molar-refractivity contribution in [1.82, 2.24) is 9.55 Å². The molecule has 0 radical (unpaired) electrons. The third-order valence-electron chi connectivity index (χ3n) is 2.69. The molecule has 0 aromatic carbocycles. The van der Waals surface area contributed by atoms with Gasteiger partial charge >= 0.3 is 0 Å². The lowest BCUT2D eigenvalue weighted by Crippen LogP contribution is -2.11. The first-order chi connectivity index (χ1) is 8.27. The van der Waals surface area contributed by atoms with Gasteiger partial charge in [-0.15, -0.1) is 0 Å². The number of hydrogen-bond donors (Lipinski definition) is 0. The number of rotatable bonds is 5. The number of furan rings is 1. The van der Waals surface area contributed by atoms with Crippen LogP contribution in [0.2, 0.25) is 0 Å². The van der Waals surface area contributed by atoms with Gasteiger partial charge in [-0.25, -0.2) is 4.98 Å². The topological polar surface area (TPSA) is 48.0 Å². The lowest BCUT2D eigenvalue weighted by atomic mass is 10.1. The number of carbonyl (C=O) groups excluding carboxylic acids is 1. The number of aryl methyl sites for hydroxylation is 2. The van der Waals surface area contributed by atoms with Crippen LogP contribution in [0.4, 0.5) is 0 Å². The van der Waals surface area contributed by atoms with E-state index in [1.165, 1.54) is 0 Å². The molecule has 2 rings (SSSR count). The van der Waals surface area contributed by atoms with Gasteiger partial charge in [0.15, 0.2) is 5.82 Å². The van der Waals surface area contributed by atoms with Gasteiger partial charge in [0, 0.05) is 25.4 Å². The molecule has 0 atom stereocenters. The summed E-state index contributed by atoms with van der Waals surface area (Å²) in [6, 6.07) is 1.71. The van der Waals surface area contributed by atoms with E-state index >= 15 is 0 Å². The van der Waals surface area contributed by atoms with E-state index in [0.717, 1.165) is 18.7 Å². The minimum atomic E-state index is -0.0611. The molecule has 0 aliphatic carbocycles. The number of hydrogen-bond acceptors (Lipinski definition) is 3. The van der Waals surface area contributed by atoms with Gasteiger partial charge in [-0.3, -0.25) is 4.79 Å². The largest absolute Gasteiger partial charge is 0.469 e. The maximum absolute atomic E-state index is 12.3. The third kappa shape index (κ3) is 2.16. The van der Waals surface area contributed by atoms with Crippen LogP contribution in [-0.4, -0.2) is 15.3 Å². The molecule has 0 fully saturated rings. The highest BCUT2D eigenvalue weighted by molar-refractivity contribution is 6.07. The summed E-state index contributed by atoms with van der Waals surface area (Å²) in [6.45, 7) is 4.85. The van der Waals surface area contributed by atoms with Crippen molar-refractivity contribution >= 4 is 5.78 Å². The first-order valence-corrected chi connectivity index (χ1v) is 5.90. The van der Waals surface area contributed by atoms with Crippen LogP contribution in [0.25, 0.3) is 0 Å². The normalized spacial score (nSPS) is 10.7. The fourth-order valence-corrected chi connectivity index (χ4v) is 1.88. The molecule has 0 spiro atoms. The van der Waals surface area contributed by atoms with Crippen LogP contribution < -0.4 is 0 Å². The average Bonchev–Trinajstić information content (AvgIpc) is 2.96. The molecule has 2 aromatic rings. The van der Waals surface area contributed by atoms with Crippen LogP contribution in [0.3, 0.4) is 0 Å². The molecule has 0 amide bonds. The second-order valence-corrected chi connectivity index (χ2v) is 3.88. The molecule has 2 heterocycles. The van der Waals surface area contributed by atoms with E-state index < -0.39 is 0 Å². The van der Waals surface area contributed by atoms with Crippen LogP contribution in [0, 0.1) is 0 Å². The predicted molar refractivity (Wildman–Crippen MR) is 64.0 cm³/mol. The van der Waals surface area contributed by atoms with E-state index in [-0.39, 0.29) is 5.78 Å². The van der Waals surface area contributed by atoms with Crippen molar-refractivity contribution in [2.75, 3.05) is 0 Å². The average molecular weight is 232 g/mol. The van der Waals surface area contributed by atoms with Gasteiger partial charge in [0.05, 0.1) is 11.8 Å². The predicted octanol–water partition coefficient (Wildman–Crippen LogP) is 2.68. The first kappa shape index (κ1) is 11.6. The third-order valence-corrected chi connectivity index (χ3v) is 2.69. The number of imidazole rings is 1. The fraction of sp³-hybridized carbons (Fsp3) is 0.385. The van der Waals surface area contributed by atoms with Crippen LogP contribution >= 0.6 is 0 Å². The van der Waals surface area contributed by atoms with E-state index in [4.69, 9.17) is 4.42 Å². The van der Waals surface area contributed by atoms with Gasteiger partial charge in [0.1, 0.15) is 5.76 Å². The number of ketones is 1. The molecule has 4 nitrogen and oxygen atoms in total. The standard InChI is InChI=1S/C13H16N2O2/c1-3-7-15-8-6-14-13(15)12(16)10-5-9-17-11(10)4-2/h5-6,8-9H,3-4,7H2,1-2H3. The van der Waals surface area contributed by atoms with Crippen LogP contribution in [0.15, 0.2) is 29.1 Å². The maximum atomic E-state index is 12.3. The van der Waals surface area contributed by atoms with Gasteiger partial charge in [-0.2, -0.15) is 0 Å². The number of nitrogens with zero attached hydrogens (tertiary/aromatic N) is 2. The Hall–Kier alpha value is -1.84. The molecule has 0 unspecified atom stereocenters. The van der Waals surface area contributed by atoms with E-state index in [1.807, 2.05) is 17.7 Å². The maximum Gasteiger partial charge on any atom is 0.231 e. The Bertz CT molecular complexity index is 511. The van der Waals surface area contributed by atoms with E-state index in [2.05, 4.69) is 11.9 Å². The smallest absolute Gasteiger partial charge is 0.231 e. The highest BCUT2D eigenvalue weighted by Crippen LogP contribution is 2.15. The Labute approximate surface area is 100 Å². The minimum absolute atomic E-state index is 0.0611. The van der Waals surface area contributed by atoms with Gasteiger partial charge in [-0.1, -0.05) is 13.8 Å². The van der Waals surface area contributed by atoms with Gasteiger partial charge in [0.2, 0.25) is 5.78 Å². The molecule has 0 aliphatic rings. The summed E-state index contributed by atoms with van der Waals surface area (Å²) >= 11 is 0. The zero-order chi connectivity index (χ0) is 12.3. The minimum Gasteiger partial charge on any atom is -0.469 e. The van der Waals surface area contributed by atoms with Crippen molar-refractivity contribution in [2.24, 2.45) is 0 Å². The van der Waals surface area contributed by atoms with Crippen molar-refractivity contribution in [1.29, 1.82) is 0 Å². The Morgan fingerprint density at radius 2 is 2.29 bits per heavy atom. The Kier molecular flexibility index (Phi) is 3.42. The van der Waals surface area contributed by atoms with E-state index in [0.29, 0.717) is 17.8 Å². The zero-order valence-electron chi connectivity index (χ0n) is 10.1. The zero-order valence-corrected chi connectivity index (χ0v) is 10.1. The van der Waals surface area contributed by atoms with Crippen molar-refractivity contribution < 1.29 is 9.21 Å². The van der Waals surface area contributed by atoms with Gasteiger partial charge in [0.25, 0.3) is 0 Å². The van der Waals surface area contributed by atoms with Gasteiger partial charge < -0.3 is 8.98 Å². The van der Waals surface area contributed by atoms with Crippen molar-refractivity contribution in [3.8, 4) is 0 Å². The lowest BCUT2D eigenvalue weighted by molar-refractivity contribution is 0.102. The molecule has 0 saturated carbocycles. The molecular formula is C13H16N2O2. The first-order valence-electron chi connectivity index (χ1n) is 5.90. The highest BCUT2D eigenvalue weighted by Gasteiger charge is 2.19. The van der Waals surface area contributed by atoms with Gasteiger partial charge in [-0.05, 0) is 12.5 Å². The molecular weight excluding hydrogens is 216 g/mol. The van der Waals surface area contributed by atoms with E-state index in [1.54, 1.807) is 18.5 Å². The fourth-order valence-electron chi connectivity index (χ4n) is 1.88. The SMILES string of the molecule is CCCn1ccnc1C(=O)c1ccoc1CC. The molecule has 17 heavy (non-hydrogen) atoms. The van der Waals surface area contributed by atoms with Crippen molar-refractivity contribution in [3.05, 3.63) is 41.9 Å². The summed E-state index contributed by atoms with van der Waals surface area (Å²) in [5, 5.41) is 0. The molecule has 2 aromatic heterocycles. The second-order valence-electron chi connectivity index (χ2n) is 3.88. The number of aromatic nitrogens is 2. The summed E-state index contributed by atoms with van der Waals surface area (Å²) in [6.07, 6.45) is 6.74. The molecule has 4 heteroatoms. The van der Waals surface area contributed by atoms with Crippen molar-refractivity contribution in [3.63, 3.8) is 0 Å². The Morgan fingerprint density at radius 1 is 1.47 bits per heavy atom. The second kappa shape index (κ2) is 4.99. The lowest BCUT2D eigenvalue weighted by Gasteiger charge is -2.04. The molecule has 0 bridgehead atoms. The monoisotopic (exact) mass is 232 g/mol. The molecule has 0 aliphatic heterocycles. The summed E-state index contributed by atoms with van der Waals surface area (Å²) in [5.41, 5.74) is 0.621. The molecule has 0 saturated heterocycles. The highest BCUT2D eigenvalue weighted by atomic mass is 16.3. The Morgan fingerprint density at radius 3 is 3.00 bits per heavy atom. The summed E-state index contributed by atoms with van der Waals surface area (Å²) in [4.78, 5) is 16.4.